The molecule has 0 radical (unpaired) electrons. The SMILES string of the molecule is CC(=O)COc1ccccc1.CCCCC. The molecule has 0 aliphatic carbocycles. The normalized spacial score (nSPS) is 8.94. The second-order valence-corrected chi connectivity index (χ2v) is 3.66. The molecule has 16 heavy (non-hydrogen) atoms. The molecule has 2 heteroatoms. The largest absolute Gasteiger partial charge is 0.486 e. The van der Waals surface area contributed by atoms with Gasteiger partial charge in [-0.1, -0.05) is 51.3 Å². The summed E-state index contributed by atoms with van der Waals surface area (Å²) in [4.78, 5) is 10.5. The topological polar surface area (TPSA) is 26.3 Å². The Balaban J connectivity index is 0.000000385. The van der Waals surface area contributed by atoms with Crippen LogP contribution in [0.3, 0.4) is 0 Å². The fourth-order valence-electron chi connectivity index (χ4n) is 1.06. The van der Waals surface area contributed by atoms with E-state index in [1.54, 1.807) is 0 Å². The van der Waals surface area contributed by atoms with E-state index in [2.05, 4.69) is 13.8 Å². The molecule has 0 saturated heterocycles. The quantitative estimate of drug-likeness (QED) is 0.756. The molecule has 1 aromatic rings. The lowest BCUT2D eigenvalue weighted by Gasteiger charge is -2.01. The van der Waals surface area contributed by atoms with Crippen molar-refractivity contribution in [3.05, 3.63) is 30.3 Å². The van der Waals surface area contributed by atoms with Crippen LogP contribution in [0.4, 0.5) is 0 Å². The highest BCUT2D eigenvalue weighted by Crippen LogP contribution is 2.07. The van der Waals surface area contributed by atoms with E-state index < -0.39 is 0 Å². The lowest BCUT2D eigenvalue weighted by molar-refractivity contribution is -0.118. The number of ether oxygens (including phenoxy) is 1. The second kappa shape index (κ2) is 10.2. The Kier molecular flexibility index (Phi) is 9.38. The fraction of sp³-hybridized carbons (Fsp3) is 0.500. The first-order valence-electron chi connectivity index (χ1n) is 5.88. The van der Waals surface area contributed by atoms with E-state index in [-0.39, 0.29) is 12.4 Å². The van der Waals surface area contributed by atoms with Crippen LogP contribution < -0.4 is 4.74 Å². The van der Waals surface area contributed by atoms with Gasteiger partial charge < -0.3 is 4.74 Å². The molecule has 0 spiro atoms. The van der Waals surface area contributed by atoms with Crippen molar-refractivity contribution in [3.63, 3.8) is 0 Å². The Morgan fingerprint density at radius 1 is 1.12 bits per heavy atom. The predicted molar refractivity (Wildman–Crippen MR) is 67.8 cm³/mol. The average Bonchev–Trinajstić information content (AvgIpc) is 2.30. The highest BCUT2D eigenvalue weighted by molar-refractivity contribution is 5.77. The highest BCUT2D eigenvalue weighted by Gasteiger charge is 1.93. The van der Waals surface area contributed by atoms with Gasteiger partial charge in [0.2, 0.25) is 0 Å². The zero-order valence-corrected chi connectivity index (χ0v) is 10.5. The minimum absolute atomic E-state index is 0.0360. The molecule has 0 unspecified atom stereocenters. The first kappa shape index (κ1) is 14.7. The molecule has 0 aromatic heterocycles. The van der Waals surface area contributed by atoms with Crippen LogP contribution in [-0.2, 0) is 4.79 Å². The molecule has 0 amide bonds. The van der Waals surface area contributed by atoms with Crippen molar-refractivity contribution in [3.8, 4) is 5.75 Å². The van der Waals surface area contributed by atoms with Crippen LogP contribution in [0.25, 0.3) is 0 Å². The number of unbranched alkanes of at least 4 members (excludes halogenated alkanes) is 2. The van der Waals surface area contributed by atoms with Crippen molar-refractivity contribution in [2.45, 2.75) is 40.0 Å². The van der Waals surface area contributed by atoms with Crippen molar-refractivity contribution in [1.82, 2.24) is 0 Å². The van der Waals surface area contributed by atoms with Crippen LogP contribution >= 0.6 is 0 Å². The van der Waals surface area contributed by atoms with Gasteiger partial charge in [-0.15, -0.1) is 0 Å². The first-order chi connectivity index (χ1) is 7.70. The molecule has 0 bridgehead atoms. The average molecular weight is 222 g/mol. The number of rotatable bonds is 5. The smallest absolute Gasteiger partial charge is 0.167 e. The minimum atomic E-state index is 0.0360. The van der Waals surface area contributed by atoms with Gasteiger partial charge in [-0.25, -0.2) is 0 Å². The summed E-state index contributed by atoms with van der Waals surface area (Å²) >= 11 is 0. The molecule has 1 aromatic carbocycles. The maximum Gasteiger partial charge on any atom is 0.167 e. The predicted octanol–water partition coefficient (Wildman–Crippen LogP) is 3.85. The van der Waals surface area contributed by atoms with E-state index in [1.807, 2.05) is 30.3 Å². The summed E-state index contributed by atoms with van der Waals surface area (Å²) in [5, 5.41) is 0. The molecule has 0 fully saturated rings. The lowest BCUT2D eigenvalue weighted by Crippen LogP contribution is -2.06. The molecule has 0 saturated carbocycles. The Hall–Kier alpha value is -1.31. The van der Waals surface area contributed by atoms with Crippen molar-refractivity contribution in [1.29, 1.82) is 0 Å². The molecule has 2 nitrogen and oxygen atoms in total. The number of hydrogen-bond donors (Lipinski definition) is 0. The van der Waals surface area contributed by atoms with Gasteiger partial charge in [-0.2, -0.15) is 0 Å². The summed E-state index contributed by atoms with van der Waals surface area (Å²) in [5.74, 6) is 0.775. The molecule has 90 valence electrons. The van der Waals surface area contributed by atoms with Crippen LogP contribution in [0.5, 0.6) is 5.75 Å². The summed E-state index contributed by atoms with van der Waals surface area (Å²) in [5.41, 5.74) is 0. The molecule has 1 rings (SSSR count). The second-order valence-electron chi connectivity index (χ2n) is 3.66. The molecule has 0 atom stereocenters. The van der Waals surface area contributed by atoms with E-state index in [4.69, 9.17) is 4.74 Å². The summed E-state index contributed by atoms with van der Waals surface area (Å²) in [6.07, 6.45) is 4.08. The number of carbonyl (C=O) groups is 1. The van der Waals surface area contributed by atoms with Crippen molar-refractivity contribution in [2.24, 2.45) is 0 Å². The van der Waals surface area contributed by atoms with Crippen molar-refractivity contribution < 1.29 is 9.53 Å². The van der Waals surface area contributed by atoms with Crippen molar-refractivity contribution >= 4 is 5.78 Å². The Morgan fingerprint density at radius 2 is 1.69 bits per heavy atom. The van der Waals surface area contributed by atoms with Gasteiger partial charge in [0.1, 0.15) is 12.4 Å². The zero-order chi connectivity index (χ0) is 12.2. The number of para-hydroxylation sites is 1. The number of ketones is 1. The molecule has 0 aliphatic heterocycles. The van der Waals surface area contributed by atoms with Crippen LogP contribution in [0.2, 0.25) is 0 Å². The Bertz CT molecular complexity index is 265. The number of carbonyl (C=O) groups excluding carboxylic acids is 1. The molecule has 0 aliphatic rings. The van der Waals surface area contributed by atoms with Crippen LogP contribution in [0.1, 0.15) is 40.0 Å². The zero-order valence-electron chi connectivity index (χ0n) is 10.5. The first-order valence-corrected chi connectivity index (χ1v) is 5.88. The van der Waals surface area contributed by atoms with Gasteiger partial charge >= 0.3 is 0 Å². The van der Waals surface area contributed by atoms with E-state index >= 15 is 0 Å². The monoisotopic (exact) mass is 222 g/mol. The van der Waals surface area contributed by atoms with Crippen LogP contribution in [0, 0.1) is 0 Å². The summed E-state index contributed by atoms with van der Waals surface area (Å²) < 4.78 is 5.12. The number of Topliss-reactive ketones (excluding diaryl/α,β-unsaturated/α-hetero) is 1. The number of hydrogen-bond acceptors (Lipinski definition) is 2. The lowest BCUT2D eigenvalue weighted by atomic mass is 10.3. The maximum absolute atomic E-state index is 10.5. The number of benzene rings is 1. The standard InChI is InChI=1S/C9H10O2.C5H12/c1-8(10)7-11-9-5-3-2-4-6-9;1-3-5-4-2/h2-6H,7H2,1H3;3-5H2,1-2H3. The van der Waals surface area contributed by atoms with Gasteiger partial charge in [-0.05, 0) is 19.1 Å². The maximum atomic E-state index is 10.5. The minimum Gasteiger partial charge on any atom is -0.486 e. The van der Waals surface area contributed by atoms with Gasteiger partial charge in [0.25, 0.3) is 0 Å². The Labute approximate surface area is 98.6 Å². The molecular weight excluding hydrogens is 200 g/mol. The van der Waals surface area contributed by atoms with Crippen LogP contribution in [0.15, 0.2) is 30.3 Å². The highest BCUT2D eigenvalue weighted by atomic mass is 16.5. The summed E-state index contributed by atoms with van der Waals surface area (Å²) in [6, 6.07) is 9.29. The molecule has 0 heterocycles. The Morgan fingerprint density at radius 3 is 2.06 bits per heavy atom. The third-order valence-corrected chi connectivity index (χ3v) is 1.89. The van der Waals surface area contributed by atoms with Crippen LogP contribution in [-0.4, -0.2) is 12.4 Å². The molecule has 0 N–H and O–H groups in total. The van der Waals surface area contributed by atoms with Crippen molar-refractivity contribution in [2.75, 3.05) is 6.61 Å². The fourth-order valence-corrected chi connectivity index (χ4v) is 1.06. The van der Waals surface area contributed by atoms with Gasteiger partial charge in [-0.3, -0.25) is 4.79 Å². The van der Waals surface area contributed by atoms with Gasteiger partial charge in [0.15, 0.2) is 5.78 Å². The third kappa shape index (κ3) is 9.25. The molecular formula is C14H22O2. The summed E-state index contributed by atoms with van der Waals surface area (Å²) in [7, 11) is 0. The van der Waals surface area contributed by atoms with E-state index in [0.717, 1.165) is 5.75 Å². The summed E-state index contributed by atoms with van der Waals surface area (Å²) in [6.45, 7) is 6.08. The van der Waals surface area contributed by atoms with E-state index in [1.165, 1.54) is 26.2 Å². The van der Waals surface area contributed by atoms with Gasteiger partial charge in [0, 0.05) is 0 Å². The van der Waals surface area contributed by atoms with Gasteiger partial charge in [0.05, 0.1) is 0 Å². The van der Waals surface area contributed by atoms with E-state index in [0.29, 0.717) is 0 Å². The van der Waals surface area contributed by atoms with E-state index in [9.17, 15) is 4.79 Å². The third-order valence-electron chi connectivity index (χ3n) is 1.89.